The Bertz CT molecular complexity index is 797. The summed E-state index contributed by atoms with van der Waals surface area (Å²) in [6, 6.07) is 9.42. The first-order valence-electron chi connectivity index (χ1n) is 7.68. The number of hydrogen-bond donors (Lipinski definition) is 2. The van der Waals surface area contributed by atoms with Crippen LogP contribution in [0.4, 0.5) is 4.79 Å². The molecule has 130 valence electrons. The lowest BCUT2D eigenvalue weighted by Gasteiger charge is -2.14. The fraction of sp³-hybridized carbons (Fsp3) is 0.353. The molecule has 0 spiro atoms. The number of nitrogens with one attached hydrogen (secondary N) is 2. The van der Waals surface area contributed by atoms with E-state index in [0.29, 0.717) is 0 Å². The summed E-state index contributed by atoms with van der Waals surface area (Å²) >= 11 is 0. The zero-order valence-corrected chi connectivity index (χ0v) is 14.8. The van der Waals surface area contributed by atoms with Gasteiger partial charge in [-0.15, -0.1) is 0 Å². The molecule has 7 heteroatoms. The predicted molar refractivity (Wildman–Crippen MR) is 91.6 cm³/mol. The van der Waals surface area contributed by atoms with Crippen molar-refractivity contribution in [1.82, 2.24) is 10.6 Å². The van der Waals surface area contributed by atoms with E-state index in [-0.39, 0.29) is 23.2 Å². The normalized spacial score (nSPS) is 12.6. The van der Waals surface area contributed by atoms with E-state index >= 15 is 0 Å². The molecule has 1 atom stereocenters. The summed E-state index contributed by atoms with van der Waals surface area (Å²) in [5.41, 5.74) is 0.902. The van der Waals surface area contributed by atoms with Crippen molar-refractivity contribution in [3.8, 4) is 0 Å². The summed E-state index contributed by atoms with van der Waals surface area (Å²) in [7, 11) is -3.40. The van der Waals surface area contributed by atoms with Crippen LogP contribution in [-0.4, -0.2) is 26.7 Å². The van der Waals surface area contributed by atoms with Gasteiger partial charge in [0.05, 0.1) is 16.7 Å². The largest absolute Gasteiger partial charge is 0.466 e. The van der Waals surface area contributed by atoms with E-state index in [2.05, 4.69) is 10.6 Å². The minimum atomic E-state index is -3.40. The maximum absolute atomic E-state index is 12.1. The maximum Gasteiger partial charge on any atom is 0.315 e. The number of rotatable bonds is 6. The second-order valence-electron chi connectivity index (χ2n) is 5.62. The van der Waals surface area contributed by atoms with Gasteiger partial charge < -0.3 is 15.1 Å². The number of carbonyl (C=O) groups excluding carboxylic acids is 1. The zero-order chi connectivity index (χ0) is 17.7. The summed E-state index contributed by atoms with van der Waals surface area (Å²) in [4.78, 5) is 12.2. The van der Waals surface area contributed by atoms with E-state index in [9.17, 15) is 13.2 Å². The molecule has 0 bridgehead atoms. The molecule has 0 radical (unpaired) electrons. The molecule has 0 aliphatic carbocycles. The lowest BCUT2D eigenvalue weighted by Crippen LogP contribution is -2.39. The Morgan fingerprint density at radius 3 is 2.46 bits per heavy atom. The van der Waals surface area contributed by atoms with Gasteiger partial charge in [-0.25, -0.2) is 13.2 Å². The van der Waals surface area contributed by atoms with Gasteiger partial charge in [0.25, 0.3) is 0 Å². The topological polar surface area (TPSA) is 88.4 Å². The van der Waals surface area contributed by atoms with Crippen LogP contribution in [0, 0.1) is 13.8 Å². The first-order valence-corrected chi connectivity index (χ1v) is 9.34. The second-order valence-corrected chi connectivity index (χ2v) is 7.73. The number of urea groups is 1. The van der Waals surface area contributed by atoms with Gasteiger partial charge in [-0.05, 0) is 39.0 Å². The summed E-state index contributed by atoms with van der Waals surface area (Å²) < 4.78 is 29.7. The fourth-order valence-corrected chi connectivity index (χ4v) is 3.63. The summed E-state index contributed by atoms with van der Waals surface area (Å²) in [6.07, 6.45) is 0. The Balaban J connectivity index is 1.84. The average Bonchev–Trinajstić information content (AvgIpc) is 2.86. The van der Waals surface area contributed by atoms with Crippen molar-refractivity contribution in [3.63, 3.8) is 0 Å². The van der Waals surface area contributed by atoms with Crippen LogP contribution in [0.15, 0.2) is 45.7 Å². The minimum absolute atomic E-state index is 0.0409. The molecule has 2 rings (SSSR count). The van der Waals surface area contributed by atoms with Gasteiger partial charge in [-0.2, -0.15) is 0 Å². The molecule has 1 unspecified atom stereocenters. The zero-order valence-electron chi connectivity index (χ0n) is 14.0. The third kappa shape index (κ3) is 4.61. The fourth-order valence-electron chi connectivity index (χ4n) is 2.45. The molecule has 2 N–H and O–H groups in total. The van der Waals surface area contributed by atoms with Gasteiger partial charge in [-0.3, -0.25) is 0 Å². The second kappa shape index (κ2) is 7.53. The maximum atomic E-state index is 12.1. The van der Waals surface area contributed by atoms with E-state index in [1.54, 1.807) is 30.3 Å². The van der Waals surface area contributed by atoms with Crippen LogP contribution in [0.1, 0.15) is 30.0 Å². The highest BCUT2D eigenvalue weighted by atomic mass is 32.2. The molecule has 0 saturated heterocycles. The van der Waals surface area contributed by atoms with Gasteiger partial charge in [0, 0.05) is 12.1 Å². The van der Waals surface area contributed by atoms with Crippen LogP contribution < -0.4 is 10.6 Å². The number of carbonyl (C=O) groups is 1. The number of benzene rings is 1. The van der Waals surface area contributed by atoms with Gasteiger partial charge >= 0.3 is 6.03 Å². The van der Waals surface area contributed by atoms with Crippen molar-refractivity contribution in [2.45, 2.75) is 31.7 Å². The standard InChI is InChI=1S/C17H22N2O4S/c1-12-11-16(14(3)23-12)13(2)19-17(20)18-9-10-24(21,22)15-7-5-4-6-8-15/h4-8,11,13H,9-10H2,1-3H3,(H2,18,19,20). The smallest absolute Gasteiger partial charge is 0.315 e. The van der Waals surface area contributed by atoms with Crippen LogP contribution >= 0.6 is 0 Å². The molecular weight excluding hydrogens is 328 g/mol. The van der Waals surface area contributed by atoms with Crippen LogP contribution in [0.3, 0.4) is 0 Å². The molecule has 1 heterocycles. The minimum Gasteiger partial charge on any atom is -0.466 e. The molecule has 0 aliphatic rings. The Kier molecular flexibility index (Phi) is 5.66. The van der Waals surface area contributed by atoms with E-state index in [1.807, 2.05) is 26.8 Å². The van der Waals surface area contributed by atoms with Gasteiger partial charge in [0.1, 0.15) is 11.5 Å². The first kappa shape index (κ1) is 18.1. The van der Waals surface area contributed by atoms with Crippen molar-refractivity contribution >= 4 is 15.9 Å². The summed E-state index contributed by atoms with van der Waals surface area (Å²) in [6.45, 7) is 5.57. The summed E-state index contributed by atoms with van der Waals surface area (Å²) in [5.74, 6) is 1.39. The average molecular weight is 350 g/mol. The highest BCUT2D eigenvalue weighted by Gasteiger charge is 2.17. The van der Waals surface area contributed by atoms with Crippen LogP contribution in [-0.2, 0) is 9.84 Å². The molecule has 6 nitrogen and oxygen atoms in total. The molecular formula is C17H22N2O4S. The number of furan rings is 1. The lowest BCUT2D eigenvalue weighted by molar-refractivity contribution is 0.238. The summed E-state index contributed by atoms with van der Waals surface area (Å²) in [5, 5.41) is 5.35. The van der Waals surface area contributed by atoms with E-state index in [4.69, 9.17) is 4.42 Å². The molecule has 24 heavy (non-hydrogen) atoms. The molecule has 1 aromatic carbocycles. The number of sulfone groups is 1. The van der Waals surface area contributed by atoms with Crippen molar-refractivity contribution in [2.24, 2.45) is 0 Å². The Labute approximate surface area is 142 Å². The van der Waals surface area contributed by atoms with Crippen LogP contribution in [0.2, 0.25) is 0 Å². The van der Waals surface area contributed by atoms with Gasteiger partial charge in [0.2, 0.25) is 0 Å². The van der Waals surface area contributed by atoms with Crippen LogP contribution in [0.25, 0.3) is 0 Å². The SMILES string of the molecule is Cc1cc(C(C)NC(=O)NCCS(=O)(=O)c2ccccc2)c(C)o1. The van der Waals surface area contributed by atoms with E-state index in [0.717, 1.165) is 17.1 Å². The van der Waals surface area contributed by atoms with E-state index < -0.39 is 15.9 Å². The van der Waals surface area contributed by atoms with Crippen molar-refractivity contribution < 1.29 is 17.6 Å². The molecule has 1 aromatic heterocycles. The number of amides is 2. The van der Waals surface area contributed by atoms with Gasteiger partial charge in [0.15, 0.2) is 9.84 Å². The molecule has 2 aromatic rings. The van der Waals surface area contributed by atoms with Crippen molar-refractivity contribution in [1.29, 1.82) is 0 Å². The van der Waals surface area contributed by atoms with Crippen molar-refractivity contribution in [2.75, 3.05) is 12.3 Å². The molecule has 0 aliphatic heterocycles. The monoisotopic (exact) mass is 350 g/mol. The Morgan fingerprint density at radius 1 is 1.21 bits per heavy atom. The van der Waals surface area contributed by atoms with Crippen molar-refractivity contribution in [3.05, 3.63) is 53.5 Å². The number of aryl methyl sites for hydroxylation is 2. The molecule has 2 amide bonds. The molecule has 0 saturated carbocycles. The predicted octanol–water partition coefficient (Wildman–Crippen LogP) is 2.73. The first-order chi connectivity index (χ1) is 11.3. The molecule has 0 fully saturated rings. The third-order valence-electron chi connectivity index (χ3n) is 3.65. The lowest BCUT2D eigenvalue weighted by atomic mass is 10.1. The third-order valence-corrected chi connectivity index (χ3v) is 5.38. The highest BCUT2D eigenvalue weighted by Crippen LogP contribution is 2.20. The Hall–Kier alpha value is -2.28. The highest BCUT2D eigenvalue weighted by molar-refractivity contribution is 7.91. The quantitative estimate of drug-likeness (QED) is 0.838. The van der Waals surface area contributed by atoms with E-state index in [1.165, 1.54) is 0 Å². The Morgan fingerprint density at radius 2 is 1.88 bits per heavy atom. The van der Waals surface area contributed by atoms with Gasteiger partial charge in [-0.1, -0.05) is 18.2 Å². The van der Waals surface area contributed by atoms with Crippen LogP contribution in [0.5, 0.6) is 0 Å². The number of hydrogen-bond acceptors (Lipinski definition) is 4.